The molecule has 0 atom stereocenters. The highest BCUT2D eigenvalue weighted by atomic mass is 15.3. The van der Waals surface area contributed by atoms with Crippen molar-refractivity contribution in [1.29, 1.82) is 5.26 Å². The Morgan fingerprint density at radius 1 is 1.47 bits per heavy atom. The lowest BCUT2D eigenvalue weighted by atomic mass is 10.1. The summed E-state index contributed by atoms with van der Waals surface area (Å²) in [5.41, 5.74) is 2.85. The molecule has 0 aliphatic carbocycles. The van der Waals surface area contributed by atoms with Crippen molar-refractivity contribution in [1.82, 2.24) is 9.78 Å². The van der Waals surface area contributed by atoms with Gasteiger partial charge in [-0.25, -0.2) is 0 Å². The zero-order valence-corrected chi connectivity index (χ0v) is 9.72. The third kappa shape index (κ3) is 2.85. The van der Waals surface area contributed by atoms with Crippen LogP contribution in [0.4, 0.5) is 5.69 Å². The smallest absolute Gasteiger partial charge is 0.0991 e. The SMILES string of the molecule is Cc1cc(C#N)ccc1NCCn1cccn1. The second kappa shape index (κ2) is 5.17. The number of nitriles is 1. The number of nitrogens with one attached hydrogen (secondary N) is 1. The third-order valence-corrected chi connectivity index (χ3v) is 2.57. The summed E-state index contributed by atoms with van der Waals surface area (Å²) >= 11 is 0. The molecule has 0 bridgehead atoms. The fourth-order valence-corrected chi connectivity index (χ4v) is 1.67. The average molecular weight is 226 g/mol. The van der Waals surface area contributed by atoms with Crippen molar-refractivity contribution < 1.29 is 0 Å². The van der Waals surface area contributed by atoms with Gasteiger partial charge in [0, 0.05) is 24.6 Å². The van der Waals surface area contributed by atoms with Crippen molar-refractivity contribution in [2.75, 3.05) is 11.9 Å². The quantitative estimate of drug-likeness (QED) is 0.869. The molecule has 86 valence electrons. The van der Waals surface area contributed by atoms with Gasteiger partial charge in [0.15, 0.2) is 0 Å². The van der Waals surface area contributed by atoms with Gasteiger partial charge in [-0.2, -0.15) is 10.4 Å². The Bertz CT molecular complexity index is 523. The summed E-state index contributed by atoms with van der Waals surface area (Å²) in [7, 11) is 0. The third-order valence-electron chi connectivity index (χ3n) is 2.57. The van der Waals surface area contributed by atoms with E-state index in [0.717, 1.165) is 24.3 Å². The van der Waals surface area contributed by atoms with Crippen LogP contribution in [0.2, 0.25) is 0 Å². The van der Waals surface area contributed by atoms with Gasteiger partial charge in [0.2, 0.25) is 0 Å². The van der Waals surface area contributed by atoms with E-state index in [9.17, 15) is 0 Å². The van der Waals surface area contributed by atoms with Gasteiger partial charge >= 0.3 is 0 Å². The second-order valence-corrected chi connectivity index (χ2v) is 3.84. The van der Waals surface area contributed by atoms with Crippen molar-refractivity contribution >= 4 is 5.69 Å². The minimum absolute atomic E-state index is 0.695. The zero-order valence-electron chi connectivity index (χ0n) is 9.72. The average Bonchev–Trinajstić information content (AvgIpc) is 2.84. The summed E-state index contributed by atoms with van der Waals surface area (Å²) in [6.45, 7) is 3.64. The standard InChI is InChI=1S/C13H14N4/c1-11-9-12(10-14)3-4-13(11)15-6-8-17-7-2-5-16-17/h2-5,7,9,15H,6,8H2,1H3. The van der Waals surface area contributed by atoms with Gasteiger partial charge in [-0.15, -0.1) is 0 Å². The van der Waals surface area contributed by atoms with Gasteiger partial charge in [-0.1, -0.05) is 0 Å². The molecule has 0 radical (unpaired) electrons. The monoisotopic (exact) mass is 226 g/mol. The number of hydrogen-bond donors (Lipinski definition) is 1. The molecule has 4 nitrogen and oxygen atoms in total. The Morgan fingerprint density at radius 3 is 3.00 bits per heavy atom. The number of aromatic nitrogens is 2. The lowest BCUT2D eigenvalue weighted by molar-refractivity contribution is 0.638. The Morgan fingerprint density at radius 2 is 2.35 bits per heavy atom. The predicted molar refractivity (Wildman–Crippen MR) is 66.6 cm³/mol. The molecule has 1 N–H and O–H groups in total. The summed E-state index contributed by atoms with van der Waals surface area (Å²) in [6.07, 6.45) is 3.71. The number of rotatable bonds is 4. The van der Waals surface area contributed by atoms with Gasteiger partial charge in [-0.3, -0.25) is 4.68 Å². The molecule has 0 aliphatic rings. The summed E-state index contributed by atoms with van der Waals surface area (Å²) in [5, 5.41) is 16.2. The van der Waals surface area contributed by atoms with Gasteiger partial charge in [0.05, 0.1) is 18.2 Å². The molecule has 2 rings (SSSR count). The number of hydrogen-bond acceptors (Lipinski definition) is 3. The van der Waals surface area contributed by atoms with E-state index in [2.05, 4.69) is 16.5 Å². The number of benzene rings is 1. The van der Waals surface area contributed by atoms with E-state index in [0.29, 0.717) is 5.56 Å². The highest BCUT2D eigenvalue weighted by molar-refractivity contribution is 5.53. The van der Waals surface area contributed by atoms with Crippen molar-refractivity contribution in [2.24, 2.45) is 0 Å². The minimum Gasteiger partial charge on any atom is -0.383 e. The van der Waals surface area contributed by atoms with E-state index in [1.807, 2.05) is 42.1 Å². The normalized spacial score (nSPS) is 9.88. The Hall–Kier alpha value is -2.28. The first-order valence-electron chi connectivity index (χ1n) is 5.51. The fraction of sp³-hybridized carbons (Fsp3) is 0.231. The van der Waals surface area contributed by atoms with Gasteiger partial charge in [-0.05, 0) is 36.8 Å². The maximum Gasteiger partial charge on any atom is 0.0991 e. The fourth-order valence-electron chi connectivity index (χ4n) is 1.67. The number of nitrogens with zero attached hydrogens (tertiary/aromatic N) is 3. The predicted octanol–water partition coefficient (Wildman–Crippen LogP) is 2.18. The molecule has 0 spiro atoms. The Labute approximate surface area is 100 Å². The van der Waals surface area contributed by atoms with Gasteiger partial charge in [0.25, 0.3) is 0 Å². The van der Waals surface area contributed by atoms with Crippen molar-refractivity contribution in [3.05, 3.63) is 47.8 Å². The van der Waals surface area contributed by atoms with Crippen LogP contribution in [0.25, 0.3) is 0 Å². The molecule has 0 amide bonds. The van der Waals surface area contributed by atoms with Crippen molar-refractivity contribution in [2.45, 2.75) is 13.5 Å². The highest BCUT2D eigenvalue weighted by Crippen LogP contribution is 2.15. The van der Waals surface area contributed by atoms with Crippen LogP contribution in [0, 0.1) is 18.3 Å². The zero-order chi connectivity index (χ0) is 12.1. The molecule has 0 fully saturated rings. The van der Waals surface area contributed by atoms with E-state index in [1.165, 1.54) is 0 Å². The molecule has 4 heteroatoms. The Balaban J connectivity index is 1.93. The van der Waals surface area contributed by atoms with Crippen LogP contribution in [0.5, 0.6) is 0 Å². The number of aryl methyl sites for hydroxylation is 1. The maximum atomic E-state index is 8.77. The largest absolute Gasteiger partial charge is 0.383 e. The molecule has 2 aromatic rings. The van der Waals surface area contributed by atoms with Gasteiger partial charge < -0.3 is 5.32 Å². The number of anilines is 1. The van der Waals surface area contributed by atoms with E-state index in [4.69, 9.17) is 5.26 Å². The molecule has 0 aliphatic heterocycles. The molecule has 1 aromatic heterocycles. The summed E-state index contributed by atoms with van der Waals surface area (Å²) < 4.78 is 1.88. The molecule has 0 saturated carbocycles. The minimum atomic E-state index is 0.695. The first-order valence-corrected chi connectivity index (χ1v) is 5.51. The molecule has 17 heavy (non-hydrogen) atoms. The topological polar surface area (TPSA) is 53.6 Å². The van der Waals surface area contributed by atoms with Crippen LogP contribution in [0.3, 0.4) is 0 Å². The molecular formula is C13H14N4. The summed E-state index contributed by atoms with van der Waals surface area (Å²) in [5.74, 6) is 0. The van der Waals surface area contributed by atoms with Crippen LogP contribution in [-0.4, -0.2) is 16.3 Å². The lowest BCUT2D eigenvalue weighted by Gasteiger charge is -2.09. The molecule has 1 aromatic carbocycles. The van der Waals surface area contributed by atoms with Crippen molar-refractivity contribution in [3.63, 3.8) is 0 Å². The first kappa shape index (κ1) is 11.2. The van der Waals surface area contributed by atoms with E-state index in [1.54, 1.807) is 6.20 Å². The Kier molecular flexibility index (Phi) is 3.41. The summed E-state index contributed by atoms with van der Waals surface area (Å²) in [4.78, 5) is 0. The summed E-state index contributed by atoms with van der Waals surface area (Å²) in [6, 6.07) is 9.69. The molecule has 0 saturated heterocycles. The van der Waals surface area contributed by atoms with Crippen molar-refractivity contribution in [3.8, 4) is 6.07 Å². The maximum absolute atomic E-state index is 8.77. The van der Waals surface area contributed by atoms with Crippen LogP contribution in [-0.2, 0) is 6.54 Å². The van der Waals surface area contributed by atoms with Crippen LogP contribution < -0.4 is 5.32 Å². The van der Waals surface area contributed by atoms with E-state index in [-0.39, 0.29) is 0 Å². The van der Waals surface area contributed by atoms with Crippen LogP contribution >= 0.6 is 0 Å². The van der Waals surface area contributed by atoms with E-state index >= 15 is 0 Å². The van der Waals surface area contributed by atoms with Crippen LogP contribution in [0.1, 0.15) is 11.1 Å². The van der Waals surface area contributed by atoms with E-state index < -0.39 is 0 Å². The highest BCUT2D eigenvalue weighted by Gasteiger charge is 1.99. The van der Waals surface area contributed by atoms with Gasteiger partial charge in [0.1, 0.15) is 0 Å². The van der Waals surface area contributed by atoms with Crippen LogP contribution in [0.15, 0.2) is 36.7 Å². The second-order valence-electron chi connectivity index (χ2n) is 3.84. The molecule has 0 unspecified atom stereocenters. The first-order chi connectivity index (χ1) is 8.29. The molecular weight excluding hydrogens is 212 g/mol. The lowest BCUT2D eigenvalue weighted by Crippen LogP contribution is -2.11. The molecule has 1 heterocycles.